The largest absolute Gasteiger partial charge is 0.342 e. The summed E-state index contributed by atoms with van der Waals surface area (Å²) in [4.78, 5) is 17.8. The molecule has 0 aromatic carbocycles. The predicted molar refractivity (Wildman–Crippen MR) is 97.8 cm³/mol. The van der Waals surface area contributed by atoms with E-state index < -0.39 is 0 Å². The molecule has 1 spiro atoms. The molecular weight excluding hydrogens is 296 g/mol. The Hall–Kier alpha value is -0.570. The molecule has 3 nitrogen and oxygen atoms in total. The normalized spacial score (nSPS) is 33.6. The minimum absolute atomic E-state index is 0.363. The van der Waals surface area contributed by atoms with Crippen molar-refractivity contribution >= 4 is 5.91 Å². The third-order valence-corrected chi connectivity index (χ3v) is 7.44. The molecule has 1 amide bonds. The Balaban J connectivity index is 1.32. The van der Waals surface area contributed by atoms with Gasteiger partial charge < -0.3 is 9.80 Å². The van der Waals surface area contributed by atoms with Gasteiger partial charge in [-0.2, -0.15) is 0 Å². The van der Waals surface area contributed by atoms with Gasteiger partial charge in [0, 0.05) is 37.5 Å². The van der Waals surface area contributed by atoms with Gasteiger partial charge in [-0.25, -0.2) is 0 Å². The zero-order chi connectivity index (χ0) is 16.4. The molecule has 2 saturated heterocycles. The lowest BCUT2D eigenvalue weighted by molar-refractivity contribution is -0.134. The highest BCUT2D eigenvalue weighted by Crippen LogP contribution is 2.41. The van der Waals surface area contributed by atoms with E-state index in [1.165, 1.54) is 83.8 Å². The summed E-state index contributed by atoms with van der Waals surface area (Å²) in [5.41, 5.74) is 0.432. The average molecular weight is 333 g/mol. The number of nitrogens with zero attached hydrogens (tertiary/aromatic N) is 2. The van der Waals surface area contributed by atoms with Gasteiger partial charge in [0.2, 0.25) is 5.91 Å². The fourth-order valence-corrected chi connectivity index (χ4v) is 6.09. The van der Waals surface area contributed by atoms with Crippen LogP contribution in [0.5, 0.6) is 0 Å². The molecule has 4 fully saturated rings. The molecule has 2 aliphatic heterocycles. The molecule has 1 atom stereocenters. The molecule has 4 rings (SSSR count). The van der Waals surface area contributed by atoms with E-state index in [0.717, 1.165) is 31.8 Å². The molecule has 0 aromatic rings. The number of carbonyl (C=O) groups is 1. The van der Waals surface area contributed by atoms with Crippen molar-refractivity contribution in [2.45, 2.75) is 77.0 Å². The summed E-state index contributed by atoms with van der Waals surface area (Å²) in [5, 5.41) is 0. The zero-order valence-corrected chi connectivity index (χ0v) is 15.5. The first-order valence-electron chi connectivity index (χ1n) is 10.8. The van der Waals surface area contributed by atoms with Gasteiger partial charge in [0.15, 0.2) is 0 Å². The van der Waals surface area contributed by atoms with Crippen molar-refractivity contribution in [2.75, 3.05) is 32.7 Å². The Bertz CT molecular complexity index is 439. The van der Waals surface area contributed by atoms with Gasteiger partial charge in [-0.05, 0) is 57.4 Å². The zero-order valence-electron chi connectivity index (χ0n) is 15.5. The van der Waals surface area contributed by atoms with E-state index in [0.29, 0.717) is 17.2 Å². The van der Waals surface area contributed by atoms with Crippen molar-refractivity contribution in [3.05, 3.63) is 0 Å². The quantitative estimate of drug-likeness (QED) is 0.778. The number of piperidine rings is 1. The second kappa shape index (κ2) is 7.35. The second-order valence-electron chi connectivity index (χ2n) is 9.33. The van der Waals surface area contributed by atoms with Crippen molar-refractivity contribution in [1.29, 1.82) is 0 Å². The number of rotatable bonds is 3. The Morgan fingerprint density at radius 3 is 2.38 bits per heavy atom. The lowest BCUT2D eigenvalue weighted by Gasteiger charge is -2.42. The van der Waals surface area contributed by atoms with Crippen LogP contribution in [0.15, 0.2) is 0 Å². The van der Waals surface area contributed by atoms with E-state index in [2.05, 4.69) is 9.80 Å². The van der Waals surface area contributed by atoms with Crippen molar-refractivity contribution in [2.24, 2.45) is 17.3 Å². The second-order valence-corrected chi connectivity index (χ2v) is 9.33. The van der Waals surface area contributed by atoms with Crippen LogP contribution < -0.4 is 0 Å². The molecule has 2 heterocycles. The molecule has 2 aliphatic carbocycles. The maximum absolute atomic E-state index is 12.8. The molecule has 2 saturated carbocycles. The van der Waals surface area contributed by atoms with Gasteiger partial charge in [-0.1, -0.05) is 32.1 Å². The SMILES string of the molecule is O=C(C1CCCC1)N1CCC2(CCCN(CC3CCCCC3)C2)C1. The minimum atomic E-state index is 0.363. The Kier molecular flexibility index (Phi) is 5.17. The molecule has 0 bridgehead atoms. The van der Waals surface area contributed by atoms with E-state index in [1.807, 2.05) is 0 Å². The summed E-state index contributed by atoms with van der Waals surface area (Å²) < 4.78 is 0. The van der Waals surface area contributed by atoms with Crippen LogP contribution in [-0.2, 0) is 4.79 Å². The van der Waals surface area contributed by atoms with Crippen LogP contribution >= 0.6 is 0 Å². The van der Waals surface area contributed by atoms with E-state index in [-0.39, 0.29) is 0 Å². The lowest BCUT2D eigenvalue weighted by atomic mass is 9.78. The maximum atomic E-state index is 12.8. The van der Waals surface area contributed by atoms with Gasteiger partial charge in [0.25, 0.3) is 0 Å². The smallest absolute Gasteiger partial charge is 0.225 e. The van der Waals surface area contributed by atoms with E-state index in [4.69, 9.17) is 0 Å². The molecule has 0 aromatic heterocycles. The van der Waals surface area contributed by atoms with E-state index >= 15 is 0 Å². The Labute approximate surface area is 148 Å². The molecule has 0 radical (unpaired) electrons. The van der Waals surface area contributed by atoms with Crippen LogP contribution in [-0.4, -0.2) is 48.4 Å². The molecular formula is C21H36N2O. The monoisotopic (exact) mass is 332 g/mol. The number of likely N-dealkylation sites (tertiary alicyclic amines) is 2. The van der Waals surface area contributed by atoms with Crippen LogP contribution in [0.4, 0.5) is 0 Å². The third kappa shape index (κ3) is 3.66. The first kappa shape index (κ1) is 16.9. The van der Waals surface area contributed by atoms with Gasteiger partial charge in [-0.3, -0.25) is 4.79 Å². The van der Waals surface area contributed by atoms with Gasteiger partial charge >= 0.3 is 0 Å². The van der Waals surface area contributed by atoms with Crippen LogP contribution in [0.1, 0.15) is 77.0 Å². The molecule has 24 heavy (non-hydrogen) atoms. The Morgan fingerprint density at radius 2 is 1.58 bits per heavy atom. The number of carbonyl (C=O) groups excluding carboxylic acids is 1. The van der Waals surface area contributed by atoms with Crippen molar-refractivity contribution in [3.63, 3.8) is 0 Å². The van der Waals surface area contributed by atoms with Crippen molar-refractivity contribution < 1.29 is 4.79 Å². The maximum Gasteiger partial charge on any atom is 0.225 e. The molecule has 4 aliphatic rings. The predicted octanol–water partition coefficient (Wildman–Crippen LogP) is 4.07. The lowest BCUT2D eigenvalue weighted by Crippen LogP contribution is -2.47. The van der Waals surface area contributed by atoms with Crippen molar-refractivity contribution in [3.8, 4) is 0 Å². The summed E-state index contributed by atoms with van der Waals surface area (Å²) in [5.74, 6) is 1.81. The van der Waals surface area contributed by atoms with Crippen LogP contribution in [0, 0.1) is 17.3 Å². The van der Waals surface area contributed by atoms with Crippen LogP contribution in [0.2, 0.25) is 0 Å². The van der Waals surface area contributed by atoms with Gasteiger partial charge in [0.05, 0.1) is 0 Å². The summed E-state index contributed by atoms with van der Waals surface area (Å²) in [6, 6.07) is 0. The van der Waals surface area contributed by atoms with Gasteiger partial charge in [0.1, 0.15) is 0 Å². The summed E-state index contributed by atoms with van der Waals surface area (Å²) in [6.07, 6.45) is 16.1. The van der Waals surface area contributed by atoms with Gasteiger partial charge in [-0.15, -0.1) is 0 Å². The first-order chi connectivity index (χ1) is 11.7. The Morgan fingerprint density at radius 1 is 0.833 bits per heavy atom. The number of hydrogen-bond donors (Lipinski definition) is 0. The topological polar surface area (TPSA) is 23.6 Å². The molecule has 1 unspecified atom stereocenters. The highest BCUT2D eigenvalue weighted by Gasteiger charge is 2.44. The molecule has 136 valence electrons. The highest BCUT2D eigenvalue weighted by molar-refractivity contribution is 5.79. The fraction of sp³-hybridized carbons (Fsp3) is 0.952. The average Bonchev–Trinajstić information content (AvgIpc) is 3.26. The minimum Gasteiger partial charge on any atom is -0.342 e. The fourth-order valence-electron chi connectivity index (χ4n) is 6.09. The summed E-state index contributed by atoms with van der Waals surface area (Å²) in [7, 11) is 0. The van der Waals surface area contributed by atoms with E-state index in [9.17, 15) is 4.79 Å². The summed E-state index contributed by atoms with van der Waals surface area (Å²) >= 11 is 0. The highest BCUT2D eigenvalue weighted by atomic mass is 16.2. The van der Waals surface area contributed by atoms with Crippen LogP contribution in [0.3, 0.4) is 0 Å². The number of amides is 1. The van der Waals surface area contributed by atoms with Crippen molar-refractivity contribution in [1.82, 2.24) is 9.80 Å². The standard InChI is InChI=1S/C21H36N2O/c24-20(19-9-4-5-10-19)23-14-12-21(17-23)11-6-13-22(16-21)15-18-7-2-1-3-8-18/h18-19H,1-17H2. The number of hydrogen-bond acceptors (Lipinski definition) is 2. The van der Waals surface area contributed by atoms with E-state index in [1.54, 1.807) is 0 Å². The first-order valence-corrected chi connectivity index (χ1v) is 10.8. The van der Waals surface area contributed by atoms with Crippen LogP contribution in [0.25, 0.3) is 0 Å². The third-order valence-electron chi connectivity index (χ3n) is 7.44. The summed E-state index contributed by atoms with van der Waals surface area (Å²) in [6.45, 7) is 5.99. The molecule has 3 heteroatoms. The molecule has 0 N–H and O–H groups in total.